The molecule has 0 bridgehead atoms. The van der Waals surface area contributed by atoms with Gasteiger partial charge in [-0.2, -0.15) is 0 Å². The van der Waals surface area contributed by atoms with E-state index in [1.807, 2.05) is 36.4 Å². The number of aromatic nitrogens is 1. The summed E-state index contributed by atoms with van der Waals surface area (Å²) in [5, 5.41) is 3.32. The molecule has 0 saturated heterocycles. The fourth-order valence-electron chi connectivity index (χ4n) is 3.21. The molecule has 0 fully saturated rings. The van der Waals surface area contributed by atoms with Crippen LogP contribution < -0.4 is 5.32 Å². The zero-order valence-corrected chi connectivity index (χ0v) is 19.5. The minimum Gasteiger partial charge on any atom is -0.436 e. The zero-order valence-electron chi connectivity index (χ0n) is 16.6. The van der Waals surface area contributed by atoms with Gasteiger partial charge >= 0.3 is 0 Å². The first-order valence-corrected chi connectivity index (χ1v) is 11.2. The predicted octanol–water partition coefficient (Wildman–Crippen LogP) is 7.52. The number of benzene rings is 3. The van der Waals surface area contributed by atoms with Gasteiger partial charge in [-0.3, -0.25) is 4.79 Å². The molecule has 1 N–H and O–H groups in total. The molecule has 0 radical (unpaired) electrons. The molecule has 3 aromatic carbocycles. The van der Waals surface area contributed by atoms with Gasteiger partial charge in [-0.1, -0.05) is 37.6 Å². The van der Waals surface area contributed by atoms with Gasteiger partial charge in [0, 0.05) is 14.8 Å². The molecular formula is C24H20ClIN2O2. The summed E-state index contributed by atoms with van der Waals surface area (Å²) in [5.41, 5.74) is 4.71. The number of oxazole rings is 1. The largest absolute Gasteiger partial charge is 0.436 e. The van der Waals surface area contributed by atoms with Crippen LogP contribution in [-0.4, -0.2) is 10.9 Å². The van der Waals surface area contributed by atoms with Crippen molar-refractivity contribution >= 4 is 56.9 Å². The minimum atomic E-state index is -0.258. The van der Waals surface area contributed by atoms with Crippen molar-refractivity contribution in [2.24, 2.45) is 0 Å². The van der Waals surface area contributed by atoms with Gasteiger partial charge in [-0.05, 0) is 89.0 Å². The van der Waals surface area contributed by atoms with Gasteiger partial charge in [0.25, 0.3) is 5.91 Å². The highest BCUT2D eigenvalue weighted by Gasteiger charge is 2.14. The van der Waals surface area contributed by atoms with E-state index in [1.54, 1.807) is 12.1 Å². The summed E-state index contributed by atoms with van der Waals surface area (Å²) in [6.07, 6.45) is 1.07. The van der Waals surface area contributed by atoms with Crippen LogP contribution >= 0.6 is 34.2 Å². The molecule has 0 spiro atoms. The molecule has 1 atom stereocenters. The number of rotatable bonds is 5. The first-order valence-electron chi connectivity index (χ1n) is 9.72. The van der Waals surface area contributed by atoms with Gasteiger partial charge in [-0.25, -0.2) is 4.98 Å². The number of anilines is 1. The Morgan fingerprint density at radius 3 is 2.80 bits per heavy atom. The molecule has 30 heavy (non-hydrogen) atoms. The van der Waals surface area contributed by atoms with Gasteiger partial charge in [0.15, 0.2) is 5.58 Å². The smallest absolute Gasteiger partial charge is 0.257 e. The molecular weight excluding hydrogens is 511 g/mol. The Morgan fingerprint density at radius 1 is 1.17 bits per heavy atom. The second-order valence-corrected chi connectivity index (χ2v) is 8.87. The van der Waals surface area contributed by atoms with Crippen molar-refractivity contribution in [1.29, 1.82) is 0 Å². The Labute approximate surface area is 193 Å². The highest BCUT2D eigenvalue weighted by Crippen LogP contribution is 2.29. The SMILES string of the molecule is CCC(C)c1ccc2oc(-c3cccc(NC(=O)c4cc(I)ccc4Cl)c3)nc2c1. The van der Waals surface area contributed by atoms with E-state index in [0.717, 1.165) is 26.7 Å². The van der Waals surface area contributed by atoms with E-state index in [-0.39, 0.29) is 5.91 Å². The first kappa shape index (κ1) is 20.9. The number of hydrogen-bond acceptors (Lipinski definition) is 3. The average molecular weight is 531 g/mol. The minimum absolute atomic E-state index is 0.258. The molecule has 1 aromatic heterocycles. The van der Waals surface area contributed by atoms with Crippen molar-refractivity contribution in [2.75, 3.05) is 5.32 Å². The Bertz CT molecular complexity index is 1240. The first-order chi connectivity index (χ1) is 14.4. The van der Waals surface area contributed by atoms with Crippen LogP contribution in [0.4, 0.5) is 5.69 Å². The number of nitrogens with one attached hydrogen (secondary N) is 1. The van der Waals surface area contributed by atoms with Crippen molar-refractivity contribution in [1.82, 2.24) is 4.98 Å². The summed E-state index contributed by atoms with van der Waals surface area (Å²) in [6.45, 7) is 4.38. The van der Waals surface area contributed by atoms with Crippen LogP contribution in [0.15, 0.2) is 65.1 Å². The lowest BCUT2D eigenvalue weighted by atomic mass is 9.98. The highest BCUT2D eigenvalue weighted by molar-refractivity contribution is 14.1. The maximum Gasteiger partial charge on any atom is 0.257 e. The number of carbonyl (C=O) groups is 1. The van der Waals surface area contributed by atoms with Crippen LogP contribution in [0.3, 0.4) is 0 Å². The van der Waals surface area contributed by atoms with Crippen LogP contribution in [0.1, 0.15) is 42.1 Å². The topological polar surface area (TPSA) is 55.1 Å². The van der Waals surface area contributed by atoms with Crippen LogP contribution in [0, 0.1) is 3.57 Å². The third-order valence-corrected chi connectivity index (χ3v) is 6.13. The van der Waals surface area contributed by atoms with Gasteiger partial charge < -0.3 is 9.73 Å². The quantitative estimate of drug-likeness (QED) is 0.272. The molecule has 0 aliphatic rings. The van der Waals surface area contributed by atoms with Crippen LogP contribution in [0.5, 0.6) is 0 Å². The Hall–Kier alpha value is -2.38. The second kappa shape index (κ2) is 8.78. The summed E-state index contributed by atoms with van der Waals surface area (Å²) >= 11 is 8.34. The predicted molar refractivity (Wildman–Crippen MR) is 130 cm³/mol. The van der Waals surface area contributed by atoms with E-state index in [9.17, 15) is 4.79 Å². The molecule has 1 unspecified atom stereocenters. The van der Waals surface area contributed by atoms with E-state index in [1.165, 1.54) is 5.56 Å². The summed E-state index contributed by atoms with van der Waals surface area (Å²) in [7, 11) is 0. The number of amides is 1. The normalized spacial score (nSPS) is 12.1. The lowest BCUT2D eigenvalue weighted by Crippen LogP contribution is -2.12. The summed E-state index contributed by atoms with van der Waals surface area (Å²) in [4.78, 5) is 17.3. The number of nitrogens with zero attached hydrogens (tertiary/aromatic N) is 1. The number of halogens is 2. The number of fused-ring (bicyclic) bond motifs is 1. The van der Waals surface area contributed by atoms with Crippen molar-refractivity contribution < 1.29 is 9.21 Å². The summed E-state index contributed by atoms with van der Waals surface area (Å²) in [6, 6.07) is 18.9. The molecule has 6 heteroatoms. The summed E-state index contributed by atoms with van der Waals surface area (Å²) < 4.78 is 6.90. The fraction of sp³-hybridized carbons (Fsp3) is 0.167. The average Bonchev–Trinajstić information content (AvgIpc) is 3.18. The Balaban J connectivity index is 1.61. The van der Waals surface area contributed by atoms with Crippen molar-refractivity contribution in [3.8, 4) is 11.5 Å². The maximum atomic E-state index is 12.7. The Kier molecular flexibility index (Phi) is 6.11. The molecule has 0 aliphatic carbocycles. The lowest BCUT2D eigenvalue weighted by molar-refractivity contribution is 0.102. The summed E-state index contributed by atoms with van der Waals surface area (Å²) in [5.74, 6) is 0.738. The standard InChI is InChI=1S/C24H20ClIN2O2/c1-3-14(2)15-7-10-22-21(12-15)28-24(30-22)16-5-4-6-18(11-16)27-23(29)19-13-17(26)8-9-20(19)25/h4-14H,3H2,1-2H3,(H,27,29). The van der Waals surface area contributed by atoms with Gasteiger partial charge in [0.2, 0.25) is 5.89 Å². The van der Waals surface area contributed by atoms with Gasteiger partial charge in [-0.15, -0.1) is 0 Å². The van der Waals surface area contributed by atoms with Crippen molar-refractivity contribution in [2.45, 2.75) is 26.2 Å². The molecule has 4 aromatic rings. The molecule has 0 saturated carbocycles. The van der Waals surface area contributed by atoms with E-state index < -0.39 is 0 Å². The van der Waals surface area contributed by atoms with E-state index in [0.29, 0.717) is 28.1 Å². The van der Waals surface area contributed by atoms with Crippen molar-refractivity contribution in [3.63, 3.8) is 0 Å². The zero-order chi connectivity index (χ0) is 21.3. The van der Waals surface area contributed by atoms with Gasteiger partial charge in [0.1, 0.15) is 5.52 Å². The second-order valence-electron chi connectivity index (χ2n) is 7.21. The van der Waals surface area contributed by atoms with E-state index >= 15 is 0 Å². The van der Waals surface area contributed by atoms with E-state index in [4.69, 9.17) is 16.0 Å². The van der Waals surface area contributed by atoms with Crippen molar-refractivity contribution in [3.05, 3.63) is 80.4 Å². The monoisotopic (exact) mass is 530 g/mol. The maximum absolute atomic E-state index is 12.7. The molecule has 1 heterocycles. The lowest BCUT2D eigenvalue weighted by Gasteiger charge is -2.08. The molecule has 1 amide bonds. The Morgan fingerprint density at radius 2 is 2.00 bits per heavy atom. The van der Waals surface area contributed by atoms with Crippen LogP contribution in [-0.2, 0) is 0 Å². The fourth-order valence-corrected chi connectivity index (χ4v) is 3.90. The highest BCUT2D eigenvalue weighted by atomic mass is 127. The number of carbonyl (C=O) groups excluding carboxylic acids is 1. The molecule has 152 valence electrons. The third kappa shape index (κ3) is 4.37. The van der Waals surface area contributed by atoms with Crippen LogP contribution in [0.2, 0.25) is 5.02 Å². The third-order valence-electron chi connectivity index (χ3n) is 5.13. The molecule has 4 nitrogen and oxygen atoms in total. The van der Waals surface area contributed by atoms with Crippen LogP contribution in [0.25, 0.3) is 22.6 Å². The molecule has 0 aliphatic heterocycles. The van der Waals surface area contributed by atoms with E-state index in [2.05, 4.69) is 58.9 Å². The van der Waals surface area contributed by atoms with Gasteiger partial charge in [0.05, 0.1) is 10.6 Å². The molecule has 4 rings (SSSR count). The number of hydrogen-bond donors (Lipinski definition) is 1.